The Morgan fingerprint density at radius 3 is 2.83 bits per heavy atom. The summed E-state index contributed by atoms with van der Waals surface area (Å²) in [6, 6.07) is 6.15. The first kappa shape index (κ1) is 14.6. The molecular weight excluding hydrogens is 318 g/mol. The lowest BCUT2D eigenvalue weighted by atomic mass is 9.98. The molecule has 3 aliphatic heterocycles. The van der Waals surface area contributed by atoms with E-state index < -0.39 is 29.0 Å². The number of β-lactam (4-membered cyclic amide) rings is 1. The zero-order valence-electron chi connectivity index (χ0n) is 12.6. The van der Waals surface area contributed by atoms with Crippen molar-refractivity contribution in [2.24, 2.45) is 0 Å². The summed E-state index contributed by atoms with van der Waals surface area (Å²) < 4.78 is 10.1. The van der Waals surface area contributed by atoms with Gasteiger partial charge in [-0.2, -0.15) is 0 Å². The second-order valence-corrected chi connectivity index (χ2v) is 8.18. The van der Waals surface area contributed by atoms with E-state index in [9.17, 15) is 14.4 Å². The number of nitrogens with zero attached hydrogens (tertiary/aromatic N) is 1. The molecule has 0 bridgehead atoms. The number of benzene rings is 1. The number of carbonyl (C=O) groups is 3. The average molecular weight is 333 g/mol. The lowest BCUT2D eigenvalue weighted by Gasteiger charge is -2.37. The normalized spacial score (nSPS) is 30.3. The van der Waals surface area contributed by atoms with Crippen molar-refractivity contribution in [1.82, 2.24) is 4.90 Å². The van der Waals surface area contributed by atoms with Crippen LogP contribution in [0, 0.1) is 0 Å². The number of hydrogen-bond donors (Lipinski definition) is 0. The number of amides is 1. The van der Waals surface area contributed by atoms with E-state index in [1.165, 1.54) is 0 Å². The molecule has 2 saturated heterocycles. The van der Waals surface area contributed by atoms with Crippen LogP contribution in [0.15, 0.2) is 24.3 Å². The number of fused-ring (bicyclic) bond motifs is 2. The molecule has 2 fully saturated rings. The highest BCUT2D eigenvalue weighted by atomic mass is 32.2. The molecule has 3 aliphatic rings. The average Bonchev–Trinajstić information content (AvgIpc) is 2.91. The summed E-state index contributed by atoms with van der Waals surface area (Å²) in [5.41, 5.74) is 0.948. The van der Waals surface area contributed by atoms with Crippen LogP contribution in [0.25, 0.3) is 0 Å². The second-order valence-electron chi connectivity index (χ2n) is 6.34. The van der Waals surface area contributed by atoms with E-state index in [2.05, 4.69) is 0 Å². The van der Waals surface area contributed by atoms with E-state index in [1.54, 1.807) is 40.9 Å². The van der Waals surface area contributed by atoms with Crippen molar-refractivity contribution in [3.05, 3.63) is 35.4 Å². The number of hydrogen-bond acceptors (Lipinski definition) is 6. The fourth-order valence-electron chi connectivity index (χ4n) is 3.33. The van der Waals surface area contributed by atoms with Gasteiger partial charge in [0.15, 0.2) is 0 Å². The molecule has 0 N–H and O–H groups in total. The van der Waals surface area contributed by atoms with Crippen LogP contribution in [0.3, 0.4) is 0 Å². The Balaban J connectivity index is 1.57. The number of esters is 2. The second kappa shape index (κ2) is 4.74. The van der Waals surface area contributed by atoms with Gasteiger partial charge in [-0.05, 0) is 19.9 Å². The summed E-state index contributed by atoms with van der Waals surface area (Å²) in [5.74, 6) is -1.08. The Hall–Kier alpha value is -2.02. The highest BCUT2D eigenvalue weighted by Crippen LogP contribution is 2.51. The molecule has 6 nitrogen and oxygen atoms in total. The summed E-state index contributed by atoms with van der Waals surface area (Å²) in [7, 11) is 0. The van der Waals surface area contributed by atoms with Crippen LogP contribution in [0.1, 0.15) is 42.5 Å². The topological polar surface area (TPSA) is 72.9 Å². The van der Waals surface area contributed by atoms with E-state index >= 15 is 0 Å². The maximum Gasteiger partial charge on any atom is 0.342 e. The predicted octanol–water partition coefficient (Wildman–Crippen LogP) is 1.85. The van der Waals surface area contributed by atoms with Gasteiger partial charge >= 0.3 is 11.9 Å². The van der Waals surface area contributed by atoms with Crippen molar-refractivity contribution in [2.75, 3.05) is 0 Å². The van der Waals surface area contributed by atoms with Gasteiger partial charge in [0.05, 0.1) is 17.4 Å². The van der Waals surface area contributed by atoms with Crippen LogP contribution in [-0.2, 0) is 19.1 Å². The minimum atomic E-state index is -1.04. The maximum absolute atomic E-state index is 12.6. The van der Waals surface area contributed by atoms with E-state index in [1.807, 2.05) is 13.8 Å². The molecule has 3 heterocycles. The van der Waals surface area contributed by atoms with Crippen LogP contribution < -0.4 is 0 Å². The molecule has 120 valence electrons. The largest absolute Gasteiger partial charge is 0.419 e. The summed E-state index contributed by atoms with van der Waals surface area (Å²) in [6.07, 6.45) is -0.582. The van der Waals surface area contributed by atoms with E-state index in [-0.39, 0.29) is 11.3 Å². The van der Waals surface area contributed by atoms with Gasteiger partial charge in [-0.25, -0.2) is 9.59 Å². The van der Waals surface area contributed by atoms with E-state index in [0.29, 0.717) is 17.5 Å². The molecule has 0 aromatic heterocycles. The molecule has 3 unspecified atom stereocenters. The van der Waals surface area contributed by atoms with Crippen LogP contribution in [0.4, 0.5) is 0 Å². The van der Waals surface area contributed by atoms with Gasteiger partial charge in [0.2, 0.25) is 5.91 Å². The van der Waals surface area contributed by atoms with Crippen LogP contribution in [0.2, 0.25) is 0 Å². The van der Waals surface area contributed by atoms with Crippen molar-refractivity contribution < 1.29 is 23.9 Å². The fraction of sp³-hybridized carbons (Fsp3) is 0.438. The third-order valence-corrected chi connectivity index (χ3v) is 5.92. The van der Waals surface area contributed by atoms with Gasteiger partial charge in [0.1, 0.15) is 6.04 Å². The summed E-state index contributed by atoms with van der Waals surface area (Å²) >= 11 is 1.60. The quantitative estimate of drug-likeness (QED) is 0.607. The van der Waals surface area contributed by atoms with Crippen molar-refractivity contribution in [3.8, 4) is 0 Å². The number of rotatable bonds is 2. The molecule has 4 rings (SSSR count). The molecule has 0 radical (unpaired) electrons. The van der Waals surface area contributed by atoms with E-state index in [0.717, 1.165) is 0 Å². The molecule has 3 atom stereocenters. The maximum atomic E-state index is 12.6. The smallest absolute Gasteiger partial charge is 0.342 e. The first-order chi connectivity index (χ1) is 10.9. The van der Waals surface area contributed by atoms with Crippen LogP contribution in [-0.4, -0.2) is 38.9 Å². The minimum absolute atomic E-state index is 0.0356. The zero-order chi connectivity index (χ0) is 16.4. The molecule has 0 spiro atoms. The van der Waals surface area contributed by atoms with Gasteiger partial charge in [0.25, 0.3) is 6.29 Å². The number of ether oxygens (including phenoxy) is 2. The molecule has 1 amide bonds. The monoisotopic (exact) mass is 333 g/mol. The van der Waals surface area contributed by atoms with Crippen LogP contribution in [0.5, 0.6) is 0 Å². The lowest BCUT2D eigenvalue weighted by Crippen LogP contribution is -2.57. The Kier molecular flexibility index (Phi) is 3.00. The number of cyclic esters (lactones) is 1. The standard InChI is InChI=1S/C16H15NO5S/c1-16(2)12(17-10(18)7-11(17)23-16)14(20)22-15-9-6-4-3-5-8(9)13(19)21-15/h3-6,11-12,15H,7H2,1-2H3. The van der Waals surface area contributed by atoms with Crippen molar-refractivity contribution in [2.45, 2.75) is 42.7 Å². The zero-order valence-corrected chi connectivity index (χ0v) is 13.5. The third-order valence-electron chi connectivity index (χ3n) is 4.42. The Morgan fingerprint density at radius 2 is 2.09 bits per heavy atom. The van der Waals surface area contributed by atoms with Gasteiger partial charge in [-0.15, -0.1) is 11.8 Å². The molecule has 0 aliphatic carbocycles. The van der Waals surface area contributed by atoms with Gasteiger partial charge in [-0.3, -0.25) is 4.79 Å². The molecule has 1 aromatic rings. The third kappa shape index (κ3) is 2.06. The highest BCUT2D eigenvalue weighted by molar-refractivity contribution is 8.01. The number of thioether (sulfide) groups is 1. The van der Waals surface area contributed by atoms with Crippen molar-refractivity contribution in [1.29, 1.82) is 0 Å². The summed E-state index contributed by atoms with van der Waals surface area (Å²) in [5, 5.41) is 0.0356. The molecule has 1 aromatic carbocycles. The summed E-state index contributed by atoms with van der Waals surface area (Å²) in [4.78, 5) is 37.9. The molecule has 23 heavy (non-hydrogen) atoms. The lowest BCUT2D eigenvalue weighted by molar-refractivity contribution is -0.179. The van der Waals surface area contributed by atoms with Gasteiger partial charge in [0, 0.05) is 10.3 Å². The predicted molar refractivity (Wildman–Crippen MR) is 81.4 cm³/mol. The first-order valence-corrected chi connectivity index (χ1v) is 8.26. The van der Waals surface area contributed by atoms with Gasteiger partial charge in [-0.1, -0.05) is 18.2 Å². The summed E-state index contributed by atoms with van der Waals surface area (Å²) in [6.45, 7) is 3.84. The molecular formula is C16H15NO5S. The Labute approximate surface area is 137 Å². The van der Waals surface area contributed by atoms with Gasteiger partial charge < -0.3 is 14.4 Å². The Morgan fingerprint density at radius 1 is 1.35 bits per heavy atom. The first-order valence-electron chi connectivity index (χ1n) is 7.38. The highest BCUT2D eigenvalue weighted by Gasteiger charge is 2.59. The van der Waals surface area contributed by atoms with E-state index in [4.69, 9.17) is 9.47 Å². The number of carbonyl (C=O) groups excluding carboxylic acids is 3. The van der Waals surface area contributed by atoms with Crippen LogP contribution >= 0.6 is 11.8 Å². The Bertz CT molecular complexity index is 731. The van der Waals surface area contributed by atoms with Crippen molar-refractivity contribution >= 4 is 29.6 Å². The minimum Gasteiger partial charge on any atom is -0.419 e. The molecule has 0 saturated carbocycles. The molecule has 7 heteroatoms. The SMILES string of the molecule is CC1(C)SC2CC(=O)N2C1C(=O)OC1OC(=O)c2ccccc21. The van der Waals surface area contributed by atoms with Crippen molar-refractivity contribution in [3.63, 3.8) is 0 Å². The fourth-order valence-corrected chi connectivity index (χ4v) is 4.95.